The van der Waals surface area contributed by atoms with Gasteiger partial charge in [-0.15, -0.1) is 0 Å². The molecule has 0 saturated carbocycles. The Morgan fingerprint density at radius 1 is 1.24 bits per heavy atom. The van der Waals surface area contributed by atoms with Gasteiger partial charge in [0.05, 0.1) is 23.0 Å². The summed E-state index contributed by atoms with van der Waals surface area (Å²) in [5, 5.41) is 14.0. The van der Waals surface area contributed by atoms with E-state index in [9.17, 15) is 14.4 Å². The number of hydrogen-bond donors (Lipinski definition) is 3. The van der Waals surface area contributed by atoms with Crippen molar-refractivity contribution in [2.24, 2.45) is 5.92 Å². The highest BCUT2D eigenvalue weighted by Gasteiger charge is 2.16. The number of halogens is 1. The molecule has 0 aliphatic carbocycles. The zero-order valence-electron chi connectivity index (χ0n) is 11.6. The van der Waals surface area contributed by atoms with Crippen LogP contribution in [-0.4, -0.2) is 36.0 Å². The fourth-order valence-corrected chi connectivity index (χ4v) is 1.83. The van der Waals surface area contributed by atoms with Gasteiger partial charge in [-0.25, -0.2) is 0 Å². The second kappa shape index (κ2) is 8.26. The lowest BCUT2D eigenvalue weighted by Gasteiger charge is -2.11. The molecule has 114 valence electrons. The number of hydrogen-bond acceptors (Lipinski definition) is 3. The molecule has 1 aromatic rings. The molecule has 0 bridgehead atoms. The Morgan fingerprint density at radius 3 is 2.48 bits per heavy atom. The lowest BCUT2D eigenvalue weighted by Crippen LogP contribution is -2.40. The van der Waals surface area contributed by atoms with E-state index in [2.05, 4.69) is 10.6 Å². The normalized spacial score (nSPS) is 11.5. The molecule has 0 heterocycles. The van der Waals surface area contributed by atoms with Gasteiger partial charge in [0.15, 0.2) is 0 Å². The largest absolute Gasteiger partial charge is 0.481 e. The molecule has 0 saturated heterocycles. The van der Waals surface area contributed by atoms with Crippen molar-refractivity contribution in [2.75, 3.05) is 13.1 Å². The predicted molar refractivity (Wildman–Crippen MR) is 78.2 cm³/mol. The van der Waals surface area contributed by atoms with Crippen LogP contribution >= 0.6 is 11.6 Å². The van der Waals surface area contributed by atoms with Crippen LogP contribution in [0.4, 0.5) is 0 Å². The third-order valence-electron chi connectivity index (χ3n) is 2.92. The summed E-state index contributed by atoms with van der Waals surface area (Å²) < 4.78 is 0. The van der Waals surface area contributed by atoms with Crippen molar-refractivity contribution in [1.82, 2.24) is 10.6 Å². The van der Waals surface area contributed by atoms with E-state index >= 15 is 0 Å². The smallest absolute Gasteiger partial charge is 0.308 e. The summed E-state index contributed by atoms with van der Waals surface area (Å²) in [4.78, 5) is 34.2. The number of carbonyl (C=O) groups excluding carboxylic acids is 2. The summed E-state index contributed by atoms with van der Waals surface area (Å²) in [6.45, 7) is 1.52. The lowest BCUT2D eigenvalue weighted by molar-refractivity contribution is -0.141. The second-order valence-corrected chi connectivity index (χ2v) is 4.82. The number of nitrogens with one attached hydrogen (secondary N) is 2. The maximum absolute atomic E-state index is 11.8. The topological polar surface area (TPSA) is 95.5 Å². The highest BCUT2D eigenvalue weighted by atomic mass is 35.5. The molecule has 1 unspecified atom stereocenters. The van der Waals surface area contributed by atoms with Gasteiger partial charge in [0, 0.05) is 6.54 Å². The first-order valence-corrected chi connectivity index (χ1v) is 6.85. The van der Waals surface area contributed by atoms with Crippen LogP contribution in [0, 0.1) is 5.92 Å². The fourth-order valence-electron chi connectivity index (χ4n) is 1.61. The van der Waals surface area contributed by atoms with E-state index in [-0.39, 0.29) is 18.7 Å². The van der Waals surface area contributed by atoms with Gasteiger partial charge in [-0.3, -0.25) is 14.4 Å². The molecule has 21 heavy (non-hydrogen) atoms. The quantitative estimate of drug-likeness (QED) is 0.707. The van der Waals surface area contributed by atoms with E-state index < -0.39 is 23.7 Å². The summed E-state index contributed by atoms with van der Waals surface area (Å²) in [7, 11) is 0. The molecule has 1 atom stereocenters. The van der Waals surface area contributed by atoms with Gasteiger partial charge < -0.3 is 15.7 Å². The second-order valence-electron chi connectivity index (χ2n) is 4.41. The average Bonchev–Trinajstić information content (AvgIpc) is 2.45. The minimum atomic E-state index is -0.960. The number of rotatable bonds is 7. The molecule has 3 N–H and O–H groups in total. The van der Waals surface area contributed by atoms with Gasteiger partial charge in [0.25, 0.3) is 5.91 Å². The van der Waals surface area contributed by atoms with Gasteiger partial charge >= 0.3 is 5.97 Å². The third-order valence-corrected chi connectivity index (χ3v) is 3.25. The van der Waals surface area contributed by atoms with Crippen molar-refractivity contribution in [1.29, 1.82) is 0 Å². The lowest BCUT2D eigenvalue weighted by atomic mass is 10.1. The monoisotopic (exact) mass is 312 g/mol. The summed E-state index contributed by atoms with van der Waals surface area (Å²) in [5.41, 5.74) is 0.281. The predicted octanol–water partition coefficient (Wildman–Crippen LogP) is 1.30. The van der Waals surface area contributed by atoms with Crippen LogP contribution in [0.25, 0.3) is 0 Å². The minimum absolute atomic E-state index is 0.0344. The summed E-state index contributed by atoms with van der Waals surface area (Å²) in [5.74, 6) is -2.50. The maximum Gasteiger partial charge on any atom is 0.308 e. The van der Waals surface area contributed by atoms with Gasteiger partial charge in [0.2, 0.25) is 5.91 Å². The van der Waals surface area contributed by atoms with Gasteiger partial charge in [-0.1, -0.05) is 30.7 Å². The molecule has 7 heteroatoms. The highest BCUT2D eigenvalue weighted by molar-refractivity contribution is 6.33. The van der Waals surface area contributed by atoms with Gasteiger partial charge in [-0.05, 0) is 18.6 Å². The Bertz CT molecular complexity index is 533. The van der Waals surface area contributed by atoms with Gasteiger partial charge in [-0.2, -0.15) is 0 Å². The average molecular weight is 313 g/mol. The number of benzene rings is 1. The summed E-state index contributed by atoms with van der Waals surface area (Å²) in [6.07, 6.45) is 0.418. The molecule has 0 aliphatic heterocycles. The third kappa shape index (κ3) is 5.43. The molecule has 2 amide bonds. The van der Waals surface area contributed by atoms with Crippen LogP contribution in [0.15, 0.2) is 24.3 Å². The zero-order valence-corrected chi connectivity index (χ0v) is 12.3. The SMILES string of the molecule is CCC(CNC(=O)CNC(=O)c1ccccc1Cl)C(=O)O. The first-order valence-electron chi connectivity index (χ1n) is 6.48. The minimum Gasteiger partial charge on any atom is -0.481 e. The van der Waals surface area contributed by atoms with Gasteiger partial charge in [0.1, 0.15) is 0 Å². The molecule has 0 aromatic heterocycles. The molecule has 6 nitrogen and oxygen atoms in total. The number of carboxylic acid groups (broad SMARTS) is 1. The molecule has 0 aliphatic rings. The fraction of sp³-hybridized carbons (Fsp3) is 0.357. The Hall–Kier alpha value is -2.08. The number of aliphatic carboxylic acids is 1. The number of amides is 2. The molecule has 0 radical (unpaired) electrons. The number of carboxylic acids is 1. The Kier molecular flexibility index (Phi) is 6.68. The van der Waals surface area contributed by atoms with Crippen molar-refractivity contribution in [3.05, 3.63) is 34.9 Å². The Labute approximate surface area is 127 Å². The van der Waals surface area contributed by atoms with Crippen molar-refractivity contribution < 1.29 is 19.5 Å². The van der Waals surface area contributed by atoms with E-state index in [0.29, 0.717) is 11.4 Å². The zero-order chi connectivity index (χ0) is 15.8. The first kappa shape index (κ1) is 17.0. The maximum atomic E-state index is 11.8. The van der Waals surface area contributed by atoms with Crippen LogP contribution in [0.5, 0.6) is 0 Å². The van der Waals surface area contributed by atoms with Crippen LogP contribution in [0.2, 0.25) is 5.02 Å². The first-order chi connectivity index (χ1) is 9.95. The molecule has 0 fully saturated rings. The van der Waals surface area contributed by atoms with E-state index in [1.807, 2.05) is 0 Å². The highest BCUT2D eigenvalue weighted by Crippen LogP contribution is 2.14. The molecule has 1 aromatic carbocycles. The van der Waals surface area contributed by atoms with E-state index in [1.165, 1.54) is 0 Å². The molecule has 1 rings (SSSR count). The van der Waals surface area contributed by atoms with E-state index in [4.69, 9.17) is 16.7 Å². The van der Waals surface area contributed by atoms with Crippen LogP contribution in [0.1, 0.15) is 23.7 Å². The van der Waals surface area contributed by atoms with E-state index in [0.717, 1.165) is 0 Å². The molecular formula is C14H17ClN2O4. The van der Waals surface area contributed by atoms with Crippen LogP contribution < -0.4 is 10.6 Å². The van der Waals surface area contributed by atoms with Crippen molar-refractivity contribution in [2.45, 2.75) is 13.3 Å². The van der Waals surface area contributed by atoms with Crippen LogP contribution in [0.3, 0.4) is 0 Å². The van der Waals surface area contributed by atoms with Crippen molar-refractivity contribution in [3.63, 3.8) is 0 Å². The van der Waals surface area contributed by atoms with Crippen molar-refractivity contribution >= 4 is 29.4 Å². The number of carbonyl (C=O) groups is 3. The molecular weight excluding hydrogens is 296 g/mol. The van der Waals surface area contributed by atoms with E-state index in [1.54, 1.807) is 31.2 Å². The molecule has 0 spiro atoms. The Balaban J connectivity index is 2.41. The van der Waals surface area contributed by atoms with Crippen molar-refractivity contribution in [3.8, 4) is 0 Å². The Morgan fingerprint density at radius 2 is 1.90 bits per heavy atom. The van der Waals surface area contributed by atoms with Crippen LogP contribution in [-0.2, 0) is 9.59 Å². The summed E-state index contributed by atoms with van der Waals surface area (Å²) >= 11 is 5.86. The standard InChI is InChI=1S/C14H17ClN2O4/c1-2-9(14(20)21)7-16-12(18)8-17-13(19)10-5-3-4-6-11(10)15/h3-6,9H,2,7-8H2,1H3,(H,16,18)(H,17,19)(H,20,21). The summed E-state index contributed by atoms with van der Waals surface area (Å²) in [6, 6.07) is 6.49.